The van der Waals surface area contributed by atoms with Gasteiger partial charge in [0.2, 0.25) is 16.9 Å². The van der Waals surface area contributed by atoms with E-state index in [0.29, 0.717) is 30.5 Å². The van der Waals surface area contributed by atoms with E-state index in [2.05, 4.69) is 15.5 Å². The summed E-state index contributed by atoms with van der Waals surface area (Å²) in [4.78, 5) is 26.1. The van der Waals surface area contributed by atoms with Crippen molar-refractivity contribution in [1.29, 1.82) is 0 Å². The molecule has 26 heavy (non-hydrogen) atoms. The predicted octanol–water partition coefficient (Wildman–Crippen LogP) is 2.25. The number of hydrogen-bond donors (Lipinski definition) is 1. The summed E-state index contributed by atoms with van der Waals surface area (Å²) in [5, 5.41) is 11.9. The van der Waals surface area contributed by atoms with Crippen LogP contribution in [-0.4, -0.2) is 41.8 Å². The first-order chi connectivity index (χ1) is 12.6. The molecule has 1 aliphatic rings. The molecule has 138 valence electrons. The molecule has 0 saturated carbocycles. The number of anilines is 2. The molecule has 1 aromatic heterocycles. The van der Waals surface area contributed by atoms with Gasteiger partial charge in [0.1, 0.15) is 10.8 Å². The Morgan fingerprint density at radius 1 is 1.38 bits per heavy atom. The van der Waals surface area contributed by atoms with Gasteiger partial charge in [-0.05, 0) is 31.2 Å². The van der Waals surface area contributed by atoms with Crippen LogP contribution in [0.15, 0.2) is 24.3 Å². The van der Waals surface area contributed by atoms with Gasteiger partial charge in [0.25, 0.3) is 0 Å². The second-order valence-corrected chi connectivity index (χ2v) is 6.88. The molecule has 1 atom stereocenters. The van der Waals surface area contributed by atoms with E-state index in [-0.39, 0.29) is 30.6 Å². The molecule has 2 heterocycles. The van der Waals surface area contributed by atoms with Gasteiger partial charge in [0, 0.05) is 31.7 Å². The lowest BCUT2D eigenvalue weighted by Crippen LogP contribution is -2.28. The number of aromatic nitrogens is 2. The molecule has 3 rings (SSSR count). The number of hydrogen-bond acceptors (Lipinski definition) is 6. The summed E-state index contributed by atoms with van der Waals surface area (Å²) in [5.74, 6) is -1.28. The normalized spacial score (nSPS) is 16.9. The summed E-state index contributed by atoms with van der Waals surface area (Å²) >= 11 is 1.30. The first-order valence-electron chi connectivity index (χ1n) is 8.33. The third-order valence-corrected chi connectivity index (χ3v) is 4.89. The highest BCUT2D eigenvalue weighted by Gasteiger charge is 2.35. The van der Waals surface area contributed by atoms with E-state index >= 15 is 0 Å². The van der Waals surface area contributed by atoms with Gasteiger partial charge in [-0.1, -0.05) is 11.3 Å². The van der Waals surface area contributed by atoms with Crippen LogP contribution < -0.4 is 10.2 Å². The van der Waals surface area contributed by atoms with Gasteiger partial charge in [0.05, 0.1) is 12.5 Å². The van der Waals surface area contributed by atoms with Gasteiger partial charge < -0.3 is 15.0 Å². The third-order valence-electron chi connectivity index (χ3n) is 4.00. The van der Waals surface area contributed by atoms with Crippen molar-refractivity contribution in [2.45, 2.75) is 19.8 Å². The molecule has 9 heteroatoms. The Morgan fingerprint density at radius 2 is 2.15 bits per heavy atom. The summed E-state index contributed by atoms with van der Waals surface area (Å²) in [6.07, 6.45) is 0.751. The highest BCUT2D eigenvalue weighted by atomic mass is 32.1. The lowest BCUT2D eigenvalue weighted by atomic mass is 10.1. The minimum absolute atomic E-state index is 0.110. The van der Waals surface area contributed by atoms with Crippen LogP contribution in [-0.2, 0) is 20.7 Å². The van der Waals surface area contributed by atoms with Crippen LogP contribution in [0, 0.1) is 11.7 Å². The number of nitrogens with zero attached hydrogens (tertiary/aromatic N) is 3. The lowest BCUT2D eigenvalue weighted by molar-refractivity contribution is -0.122. The van der Waals surface area contributed by atoms with E-state index in [1.807, 2.05) is 6.92 Å². The second-order valence-electron chi connectivity index (χ2n) is 5.82. The average Bonchev–Trinajstić information content (AvgIpc) is 3.23. The van der Waals surface area contributed by atoms with Crippen LogP contribution in [0.4, 0.5) is 15.2 Å². The quantitative estimate of drug-likeness (QED) is 0.747. The zero-order valence-corrected chi connectivity index (χ0v) is 15.1. The van der Waals surface area contributed by atoms with Crippen molar-refractivity contribution in [1.82, 2.24) is 10.2 Å². The van der Waals surface area contributed by atoms with Crippen LogP contribution >= 0.6 is 11.3 Å². The molecule has 0 spiro atoms. The largest absolute Gasteiger partial charge is 0.381 e. The molecular weight excluding hydrogens is 359 g/mol. The first-order valence-corrected chi connectivity index (χ1v) is 9.15. The Hall–Kier alpha value is -2.39. The number of halogens is 1. The number of nitrogens with one attached hydrogen (secondary N) is 1. The number of amides is 2. The van der Waals surface area contributed by atoms with Crippen molar-refractivity contribution in [2.24, 2.45) is 5.92 Å². The molecule has 1 N–H and O–H groups in total. The van der Waals surface area contributed by atoms with Crippen molar-refractivity contribution in [3.05, 3.63) is 35.1 Å². The Kier molecular flexibility index (Phi) is 5.89. The number of ether oxygens (including phenoxy) is 1. The van der Waals surface area contributed by atoms with Gasteiger partial charge in [-0.3, -0.25) is 9.59 Å². The van der Waals surface area contributed by atoms with E-state index in [0.717, 1.165) is 5.01 Å². The highest BCUT2D eigenvalue weighted by molar-refractivity contribution is 7.15. The monoisotopic (exact) mass is 378 g/mol. The van der Waals surface area contributed by atoms with Crippen molar-refractivity contribution in [2.75, 3.05) is 30.0 Å². The summed E-state index contributed by atoms with van der Waals surface area (Å²) in [7, 11) is 0. The standard InChI is InChI=1S/C17H19FN4O3S/c1-2-25-8-7-14-20-21-17(26-14)19-16(24)11-9-15(23)22(10-11)13-5-3-12(18)4-6-13/h3-6,11H,2,7-10H2,1H3,(H,19,21,24). The lowest BCUT2D eigenvalue weighted by Gasteiger charge is -2.16. The Bertz CT molecular complexity index is 781. The van der Waals surface area contributed by atoms with E-state index in [4.69, 9.17) is 4.74 Å². The maximum atomic E-state index is 13.0. The molecule has 0 radical (unpaired) electrons. The summed E-state index contributed by atoms with van der Waals surface area (Å²) in [6, 6.07) is 5.65. The number of carbonyl (C=O) groups excluding carboxylic acids is 2. The Labute approximate surface area is 154 Å². The SMILES string of the molecule is CCOCCc1nnc(NC(=O)C2CC(=O)N(c3ccc(F)cc3)C2)s1. The summed E-state index contributed by atoms with van der Waals surface area (Å²) in [5.41, 5.74) is 0.584. The van der Waals surface area contributed by atoms with Crippen LogP contribution in [0.25, 0.3) is 0 Å². The fourth-order valence-electron chi connectivity index (χ4n) is 2.67. The highest BCUT2D eigenvalue weighted by Crippen LogP contribution is 2.26. The van der Waals surface area contributed by atoms with Crippen molar-refractivity contribution in [3.63, 3.8) is 0 Å². The van der Waals surface area contributed by atoms with Crippen LogP contribution in [0.1, 0.15) is 18.4 Å². The fraction of sp³-hybridized carbons (Fsp3) is 0.412. The molecular formula is C17H19FN4O3S. The van der Waals surface area contributed by atoms with Crippen LogP contribution in [0.5, 0.6) is 0 Å². The number of rotatable bonds is 7. The van der Waals surface area contributed by atoms with Crippen molar-refractivity contribution < 1.29 is 18.7 Å². The summed E-state index contributed by atoms with van der Waals surface area (Å²) in [6.45, 7) is 3.38. The molecule has 0 aliphatic carbocycles. The smallest absolute Gasteiger partial charge is 0.231 e. The zero-order chi connectivity index (χ0) is 18.5. The first kappa shape index (κ1) is 18.4. The van der Waals surface area contributed by atoms with E-state index in [1.54, 1.807) is 0 Å². The molecule has 2 amide bonds. The van der Waals surface area contributed by atoms with Crippen molar-refractivity contribution >= 4 is 34.0 Å². The van der Waals surface area contributed by atoms with E-state index in [1.165, 1.54) is 40.5 Å². The fourth-order valence-corrected chi connectivity index (χ4v) is 3.39. The molecule has 2 aromatic rings. The van der Waals surface area contributed by atoms with Crippen molar-refractivity contribution in [3.8, 4) is 0 Å². The predicted molar refractivity (Wildman–Crippen MR) is 95.6 cm³/mol. The van der Waals surface area contributed by atoms with Gasteiger partial charge in [-0.15, -0.1) is 10.2 Å². The minimum Gasteiger partial charge on any atom is -0.381 e. The molecule has 1 saturated heterocycles. The Morgan fingerprint density at radius 3 is 2.88 bits per heavy atom. The summed E-state index contributed by atoms with van der Waals surface area (Å²) < 4.78 is 18.3. The van der Waals surface area contributed by atoms with Gasteiger partial charge in [-0.25, -0.2) is 4.39 Å². The van der Waals surface area contributed by atoms with Gasteiger partial charge >= 0.3 is 0 Å². The molecule has 0 bridgehead atoms. The maximum absolute atomic E-state index is 13.0. The van der Waals surface area contributed by atoms with Crippen LogP contribution in [0.2, 0.25) is 0 Å². The molecule has 1 unspecified atom stereocenters. The molecule has 7 nitrogen and oxygen atoms in total. The van der Waals surface area contributed by atoms with Gasteiger partial charge in [0.15, 0.2) is 0 Å². The number of benzene rings is 1. The van der Waals surface area contributed by atoms with E-state index < -0.39 is 5.92 Å². The molecule has 1 aromatic carbocycles. The zero-order valence-electron chi connectivity index (χ0n) is 14.3. The van der Waals surface area contributed by atoms with E-state index in [9.17, 15) is 14.0 Å². The minimum atomic E-state index is -0.483. The van der Waals surface area contributed by atoms with Crippen LogP contribution in [0.3, 0.4) is 0 Å². The average molecular weight is 378 g/mol. The third kappa shape index (κ3) is 4.41. The Balaban J connectivity index is 1.57. The maximum Gasteiger partial charge on any atom is 0.231 e. The molecule has 1 fully saturated rings. The second kappa shape index (κ2) is 8.33. The number of carbonyl (C=O) groups is 2. The molecule has 1 aliphatic heterocycles. The van der Waals surface area contributed by atoms with Gasteiger partial charge in [-0.2, -0.15) is 0 Å². The topological polar surface area (TPSA) is 84.4 Å².